The first-order chi connectivity index (χ1) is 17.0. The molecule has 1 fully saturated rings. The summed E-state index contributed by atoms with van der Waals surface area (Å²) in [5, 5.41) is 3.27. The van der Waals surface area contributed by atoms with Crippen LogP contribution in [-0.4, -0.2) is 32.0 Å². The standard InChI is InChI=1S/C29H29N3O3/c1-19-9-10-21(17-20(19)2)26-27(30-22-11-13-23(14-12-22)31-15-4-5-16-31)29(34)32(28(26)33)24-7-6-8-25(18-24)35-3/h6-14,17-18,30H,4-5,15-16H2,1-3H3. The van der Waals surface area contributed by atoms with Crippen molar-refractivity contribution in [1.82, 2.24) is 0 Å². The molecule has 6 heteroatoms. The lowest BCUT2D eigenvalue weighted by Gasteiger charge is -2.18. The number of nitrogens with zero attached hydrogens (tertiary/aromatic N) is 2. The van der Waals surface area contributed by atoms with Crippen molar-refractivity contribution in [2.45, 2.75) is 26.7 Å². The lowest BCUT2D eigenvalue weighted by Crippen LogP contribution is -2.32. The summed E-state index contributed by atoms with van der Waals surface area (Å²) in [6, 6.07) is 20.9. The van der Waals surface area contributed by atoms with Crippen LogP contribution in [0.4, 0.5) is 17.1 Å². The second-order valence-electron chi connectivity index (χ2n) is 9.06. The Morgan fingerprint density at radius 2 is 1.54 bits per heavy atom. The van der Waals surface area contributed by atoms with Crippen molar-refractivity contribution < 1.29 is 14.3 Å². The molecule has 0 saturated carbocycles. The fourth-order valence-electron chi connectivity index (χ4n) is 4.67. The van der Waals surface area contributed by atoms with Crippen LogP contribution in [0.1, 0.15) is 29.5 Å². The highest BCUT2D eigenvalue weighted by Gasteiger charge is 2.40. The molecule has 0 aliphatic carbocycles. The van der Waals surface area contributed by atoms with Gasteiger partial charge in [-0.2, -0.15) is 0 Å². The van der Waals surface area contributed by atoms with E-state index in [0.717, 1.165) is 29.9 Å². The minimum absolute atomic E-state index is 0.273. The maximum atomic E-state index is 13.7. The summed E-state index contributed by atoms with van der Waals surface area (Å²) < 4.78 is 5.32. The van der Waals surface area contributed by atoms with E-state index in [4.69, 9.17) is 4.74 Å². The highest BCUT2D eigenvalue weighted by Crippen LogP contribution is 2.35. The smallest absolute Gasteiger partial charge is 0.282 e. The van der Waals surface area contributed by atoms with Crippen LogP contribution in [0.3, 0.4) is 0 Å². The Morgan fingerprint density at radius 3 is 2.23 bits per heavy atom. The van der Waals surface area contributed by atoms with Gasteiger partial charge in [-0.3, -0.25) is 9.59 Å². The van der Waals surface area contributed by atoms with Crippen molar-refractivity contribution in [2.24, 2.45) is 0 Å². The van der Waals surface area contributed by atoms with Gasteiger partial charge in [-0.25, -0.2) is 4.90 Å². The number of imide groups is 1. The number of nitrogens with one attached hydrogen (secondary N) is 1. The number of aryl methyl sites for hydroxylation is 2. The number of carbonyl (C=O) groups is 2. The molecule has 2 aliphatic rings. The summed E-state index contributed by atoms with van der Waals surface area (Å²) >= 11 is 0. The van der Waals surface area contributed by atoms with Gasteiger partial charge in [-0.05, 0) is 79.8 Å². The maximum Gasteiger partial charge on any atom is 0.282 e. The molecule has 0 spiro atoms. The Bertz CT molecular complexity index is 1320. The van der Waals surface area contributed by atoms with Gasteiger partial charge in [-0.15, -0.1) is 0 Å². The van der Waals surface area contributed by atoms with Gasteiger partial charge in [-0.1, -0.05) is 24.3 Å². The SMILES string of the molecule is COc1cccc(N2C(=O)C(Nc3ccc(N4CCCC4)cc3)=C(c3ccc(C)c(C)c3)C2=O)c1. The monoisotopic (exact) mass is 467 g/mol. The van der Waals surface area contributed by atoms with E-state index in [-0.39, 0.29) is 17.5 Å². The van der Waals surface area contributed by atoms with Crippen LogP contribution in [0.15, 0.2) is 72.4 Å². The van der Waals surface area contributed by atoms with Gasteiger partial charge in [0.15, 0.2) is 0 Å². The third-order valence-electron chi connectivity index (χ3n) is 6.80. The number of hydrogen-bond donors (Lipinski definition) is 1. The molecular weight excluding hydrogens is 438 g/mol. The predicted octanol–water partition coefficient (Wildman–Crippen LogP) is 5.31. The van der Waals surface area contributed by atoms with Crippen molar-refractivity contribution in [3.63, 3.8) is 0 Å². The van der Waals surface area contributed by atoms with Gasteiger partial charge in [0.05, 0.1) is 18.4 Å². The molecular formula is C29H29N3O3. The summed E-state index contributed by atoms with van der Waals surface area (Å²) in [7, 11) is 1.56. The second kappa shape index (κ2) is 9.29. The lowest BCUT2D eigenvalue weighted by atomic mass is 9.99. The molecule has 3 aromatic carbocycles. The first-order valence-corrected chi connectivity index (χ1v) is 11.9. The van der Waals surface area contributed by atoms with Gasteiger partial charge >= 0.3 is 0 Å². The molecule has 35 heavy (non-hydrogen) atoms. The third kappa shape index (κ3) is 4.28. The molecule has 178 valence electrons. The van der Waals surface area contributed by atoms with Gasteiger partial charge in [0.2, 0.25) is 0 Å². The predicted molar refractivity (Wildman–Crippen MR) is 140 cm³/mol. The van der Waals surface area contributed by atoms with Crippen molar-refractivity contribution in [3.05, 3.63) is 89.1 Å². The number of anilines is 3. The average Bonchev–Trinajstić information content (AvgIpc) is 3.49. The molecule has 3 aromatic rings. The number of ether oxygens (including phenoxy) is 1. The van der Waals surface area contributed by atoms with E-state index in [1.165, 1.54) is 23.4 Å². The Balaban J connectivity index is 1.54. The zero-order valence-corrected chi connectivity index (χ0v) is 20.3. The van der Waals surface area contributed by atoms with Gasteiger partial charge in [0, 0.05) is 30.5 Å². The Hall–Kier alpha value is -4.06. The molecule has 0 aromatic heterocycles. The summed E-state index contributed by atoms with van der Waals surface area (Å²) in [5.41, 5.74) is 5.95. The highest BCUT2D eigenvalue weighted by molar-refractivity contribution is 6.46. The number of methoxy groups -OCH3 is 1. The summed E-state index contributed by atoms with van der Waals surface area (Å²) in [4.78, 5) is 30.9. The minimum Gasteiger partial charge on any atom is -0.497 e. The van der Waals surface area contributed by atoms with Crippen LogP contribution < -0.4 is 19.9 Å². The molecule has 5 rings (SSSR count). The Kier molecular flexibility index (Phi) is 6.03. The Morgan fingerprint density at radius 1 is 0.800 bits per heavy atom. The summed E-state index contributed by atoms with van der Waals surface area (Å²) in [6.45, 7) is 6.16. The quantitative estimate of drug-likeness (QED) is 0.498. The topological polar surface area (TPSA) is 61.9 Å². The first-order valence-electron chi connectivity index (χ1n) is 11.9. The molecule has 1 saturated heterocycles. The number of amides is 2. The van der Waals surface area contributed by atoms with E-state index in [9.17, 15) is 9.59 Å². The van der Waals surface area contributed by atoms with Crippen LogP contribution in [0.2, 0.25) is 0 Å². The molecule has 2 heterocycles. The highest BCUT2D eigenvalue weighted by atomic mass is 16.5. The number of rotatable bonds is 6. The van der Waals surface area contributed by atoms with E-state index in [2.05, 4.69) is 22.3 Å². The van der Waals surface area contributed by atoms with E-state index in [1.54, 1.807) is 31.4 Å². The zero-order valence-electron chi connectivity index (χ0n) is 20.3. The Labute approximate surface area is 205 Å². The van der Waals surface area contributed by atoms with E-state index in [1.807, 2.05) is 44.2 Å². The summed E-state index contributed by atoms with van der Waals surface area (Å²) in [5.74, 6) is -0.169. The van der Waals surface area contributed by atoms with Crippen LogP contribution in [-0.2, 0) is 9.59 Å². The first kappa shape index (κ1) is 22.7. The van der Waals surface area contributed by atoms with Crippen molar-refractivity contribution >= 4 is 34.4 Å². The lowest BCUT2D eigenvalue weighted by molar-refractivity contribution is -0.120. The number of carbonyl (C=O) groups excluding carboxylic acids is 2. The third-order valence-corrected chi connectivity index (χ3v) is 6.80. The molecule has 0 atom stereocenters. The van der Waals surface area contributed by atoms with Gasteiger partial charge < -0.3 is 15.0 Å². The van der Waals surface area contributed by atoms with Crippen LogP contribution in [0.25, 0.3) is 5.57 Å². The van der Waals surface area contributed by atoms with E-state index in [0.29, 0.717) is 22.6 Å². The fraction of sp³-hybridized carbons (Fsp3) is 0.241. The number of benzene rings is 3. The largest absolute Gasteiger partial charge is 0.497 e. The zero-order chi connectivity index (χ0) is 24.5. The van der Waals surface area contributed by atoms with Crippen LogP contribution in [0.5, 0.6) is 5.75 Å². The van der Waals surface area contributed by atoms with E-state index < -0.39 is 0 Å². The molecule has 2 amide bonds. The van der Waals surface area contributed by atoms with Crippen molar-refractivity contribution in [1.29, 1.82) is 0 Å². The molecule has 0 bridgehead atoms. The fourth-order valence-corrected chi connectivity index (χ4v) is 4.67. The molecule has 6 nitrogen and oxygen atoms in total. The van der Waals surface area contributed by atoms with Gasteiger partial charge in [0.1, 0.15) is 11.4 Å². The molecule has 0 radical (unpaired) electrons. The molecule has 2 aliphatic heterocycles. The second-order valence-corrected chi connectivity index (χ2v) is 9.06. The van der Waals surface area contributed by atoms with E-state index >= 15 is 0 Å². The normalized spacial score (nSPS) is 15.9. The summed E-state index contributed by atoms with van der Waals surface area (Å²) in [6.07, 6.45) is 2.42. The number of hydrogen-bond acceptors (Lipinski definition) is 5. The van der Waals surface area contributed by atoms with Gasteiger partial charge in [0.25, 0.3) is 11.8 Å². The average molecular weight is 468 g/mol. The van der Waals surface area contributed by atoms with Crippen LogP contribution in [0, 0.1) is 13.8 Å². The minimum atomic E-state index is -0.389. The molecule has 1 N–H and O–H groups in total. The van der Waals surface area contributed by atoms with Crippen molar-refractivity contribution in [2.75, 3.05) is 35.3 Å². The van der Waals surface area contributed by atoms with Crippen LogP contribution >= 0.6 is 0 Å². The maximum absolute atomic E-state index is 13.7. The van der Waals surface area contributed by atoms with Crippen molar-refractivity contribution in [3.8, 4) is 5.75 Å². The molecule has 0 unspecified atom stereocenters.